The van der Waals surface area contributed by atoms with Crippen LogP contribution in [0.25, 0.3) is 0 Å². The van der Waals surface area contributed by atoms with E-state index in [1.165, 1.54) is 57.8 Å². The Morgan fingerprint density at radius 3 is 2.07 bits per heavy atom. The van der Waals surface area contributed by atoms with Gasteiger partial charge in [0, 0.05) is 36.3 Å². The van der Waals surface area contributed by atoms with E-state index in [1.54, 1.807) is 5.57 Å². The zero-order valence-electron chi connectivity index (χ0n) is 41.2. The number of alkyl carbamates (subject to hydrolysis) is 1. The van der Waals surface area contributed by atoms with Gasteiger partial charge in [0.15, 0.2) is 5.88 Å². The molecule has 1 amide bonds. The van der Waals surface area contributed by atoms with E-state index in [-0.39, 0.29) is 28.6 Å². The van der Waals surface area contributed by atoms with Crippen LogP contribution in [0.1, 0.15) is 200 Å². The number of hydrogen-bond donors (Lipinski definition) is 2. The summed E-state index contributed by atoms with van der Waals surface area (Å²) in [6.45, 7) is 39.8. The molecule has 4 aliphatic rings. The van der Waals surface area contributed by atoms with Crippen LogP contribution in [0.15, 0.2) is 36.4 Å². The van der Waals surface area contributed by atoms with Gasteiger partial charge in [-0.2, -0.15) is 0 Å². The first-order chi connectivity index (χ1) is 27.6. The van der Waals surface area contributed by atoms with Crippen molar-refractivity contribution in [3.63, 3.8) is 0 Å². The summed E-state index contributed by atoms with van der Waals surface area (Å²) in [5.41, 5.74) is 1.45. The predicted molar refractivity (Wildman–Crippen MR) is 248 cm³/mol. The fourth-order valence-electron chi connectivity index (χ4n) is 11.6. The number of esters is 1. The van der Waals surface area contributed by atoms with E-state index in [1.807, 2.05) is 55.4 Å². The summed E-state index contributed by atoms with van der Waals surface area (Å²) in [6, 6.07) is 0. The van der Waals surface area contributed by atoms with Crippen LogP contribution in [-0.2, 0) is 19.0 Å². The van der Waals surface area contributed by atoms with Crippen molar-refractivity contribution in [3.8, 4) is 0 Å². The van der Waals surface area contributed by atoms with Crippen LogP contribution in [0.3, 0.4) is 0 Å². The maximum absolute atomic E-state index is 13.5. The maximum atomic E-state index is 13.5. The number of nitrogens with one attached hydrogen (secondary N) is 2. The summed E-state index contributed by atoms with van der Waals surface area (Å²) in [6.07, 6.45) is 19.7. The minimum atomic E-state index is -0.577. The summed E-state index contributed by atoms with van der Waals surface area (Å²) in [5, 5.41) is 6.51. The second-order valence-electron chi connectivity index (χ2n) is 23.8. The zero-order chi connectivity index (χ0) is 44.9. The molecule has 0 bridgehead atoms. The summed E-state index contributed by atoms with van der Waals surface area (Å²) in [5.74, 6) is 4.56. The molecular formula is C52H91N3O5. The molecule has 0 aliphatic heterocycles. The molecule has 0 radical (unpaired) electrons. The Balaban J connectivity index is 1.33. The van der Waals surface area contributed by atoms with Gasteiger partial charge in [0.1, 0.15) is 17.3 Å². The van der Waals surface area contributed by atoms with Crippen LogP contribution < -0.4 is 10.6 Å². The van der Waals surface area contributed by atoms with E-state index >= 15 is 0 Å². The topological polar surface area (TPSA) is 89.1 Å². The Morgan fingerprint density at radius 1 is 0.817 bits per heavy atom. The molecule has 0 aromatic carbocycles. The lowest BCUT2D eigenvalue weighted by Gasteiger charge is -2.58. The fourth-order valence-corrected chi connectivity index (χ4v) is 11.6. The van der Waals surface area contributed by atoms with Gasteiger partial charge < -0.3 is 29.7 Å². The van der Waals surface area contributed by atoms with Crippen LogP contribution in [-0.4, -0.2) is 58.4 Å². The first-order valence-electron chi connectivity index (χ1n) is 24.1. The number of amides is 1. The molecule has 7 atom stereocenters. The van der Waals surface area contributed by atoms with E-state index in [4.69, 9.17) is 14.2 Å². The summed E-state index contributed by atoms with van der Waals surface area (Å²) >= 11 is 0. The minimum Gasteiger partial charge on any atom is -0.474 e. The number of allylic oxidation sites excluding steroid dienone is 2. The Bertz CT molecular complexity index is 1470. The van der Waals surface area contributed by atoms with Gasteiger partial charge in [-0.3, -0.25) is 4.79 Å². The number of nitrogens with zero attached hydrogens (tertiary/aromatic N) is 1. The Hall–Kier alpha value is -2.64. The Kier molecular flexibility index (Phi) is 16.5. The molecule has 3 fully saturated rings. The second kappa shape index (κ2) is 19.8. The molecule has 4 rings (SSSR count). The van der Waals surface area contributed by atoms with E-state index in [0.29, 0.717) is 43.7 Å². The number of ether oxygens (including phenoxy) is 3. The van der Waals surface area contributed by atoms with Crippen LogP contribution >= 0.6 is 0 Å². The van der Waals surface area contributed by atoms with Crippen LogP contribution in [0.5, 0.6) is 0 Å². The number of carbonyl (C=O) groups is 2. The second-order valence-corrected chi connectivity index (χ2v) is 23.8. The van der Waals surface area contributed by atoms with Gasteiger partial charge in [-0.05, 0) is 187 Å². The number of rotatable bonds is 20. The highest BCUT2D eigenvalue weighted by Gasteiger charge is 2.58. The highest BCUT2D eigenvalue weighted by atomic mass is 16.6. The first-order valence-corrected chi connectivity index (χ1v) is 24.1. The van der Waals surface area contributed by atoms with Crippen molar-refractivity contribution < 1.29 is 23.8 Å². The van der Waals surface area contributed by atoms with E-state index < -0.39 is 17.2 Å². The number of unbranched alkanes of at least 4 members (excludes halogenated alkanes) is 1. The zero-order valence-corrected chi connectivity index (χ0v) is 41.2. The molecule has 4 aliphatic carbocycles. The van der Waals surface area contributed by atoms with Gasteiger partial charge in [-0.25, -0.2) is 4.79 Å². The molecule has 8 heteroatoms. The van der Waals surface area contributed by atoms with Gasteiger partial charge in [0.25, 0.3) is 0 Å². The third kappa shape index (κ3) is 14.2. The summed E-state index contributed by atoms with van der Waals surface area (Å²) in [7, 11) is 0. The molecule has 344 valence electrons. The van der Waals surface area contributed by atoms with E-state index in [0.717, 1.165) is 61.0 Å². The maximum Gasteiger partial charge on any atom is 0.408 e. The molecule has 3 saturated carbocycles. The van der Waals surface area contributed by atoms with E-state index in [2.05, 4.69) is 76.3 Å². The van der Waals surface area contributed by atoms with Crippen molar-refractivity contribution in [1.29, 1.82) is 0 Å². The third-order valence-corrected chi connectivity index (χ3v) is 15.0. The monoisotopic (exact) mass is 838 g/mol. The molecule has 0 aromatic rings. The quantitative estimate of drug-likeness (QED) is 0.0546. The molecule has 2 N–H and O–H groups in total. The first kappa shape index (κ1) is 50.0. The molecule has 0 saturated heterocycles. The van der Waals surface area contributed by atoms with Gasteiger partial charge in [-0.1, -0.05) is 65.2 Å². The van der Waals surface area contributed by atoms with Gasteiger partial charge >= 0.3 is 12.1 Å². The van der Waals surface area contributed by atoms with Crippen LogP contribution in [0, 0.1) is 40.4 Å². The van der Waals surface area contributed by atoms with Crippen molar-refractivity contribution in [2.24, 2.45) is 40.4 Å². The van der Waals surface area contributed by atoms with Crippen LogP contribution in [0.4, 0.5) is 4.79 Å². The lowest BCUT2D eigenvalue weighted by atomic mass is 9.47. The number of carbonyl (C=O) groups excluding carboxylic acids is 2. The lowest BCUT2D eigenvalue weighted by Crippen LogP contribution is -2.50. The third-order valence-electron chi connectivity index (χ3n) is 15.0. The van der Waals surface area contributed by atoms with Crippen molar-refractivity contribution in [2.75, 3.05) is 13.1 Å². The standard InChI is InChI=1S/C52H91N3O5/c1-36(2)19-17-18-20-39-23-25-43-42-24-22-40-35-41(27-29-52(40,16)44(42)28-30-51(39,43)15)58-45(56)26-21-37(3)55(33-31-49(11,12)53-38(4)59-47(5,6)7)34-32-50(13,14)54-46(57)60-48(8,9)10/h22,36,39,41-44,53H,3-4,17-21,23-35H2,1-2,5-16H3,(H,54,57). The van der Waals surface area contributed by atoms with Crippen molar-refractivity contribution in [2.45, 2.75) is 228 Å². The highest BCUT2D eigenvalue weighted by molar-refractivity contribution is 5.70. The average molecular weight is 838 g/mol. The molecule has 60 heavy (non-hydrogen) atoms. The molecule has 0 heterocycles. The minimum absolute atomic E-state index is 0.0525. The van der Waals surface area contributed by atoms with Crippen molar-refractivity contribution >= 4 is 12.1 Å². The Morgan fingerprint density at radius 2 is 1.45 bits per heavy atom. The molecule has 0 spiro atoms. The number of fused-ring (bicyclic) bond motifs is 5. The smallest absolute Gasteiger partial charge is 0.408 e. The fraction of sp³-hybridized carbons (Fsp3) is 0.846. The normalized spacial score (nSPS) is 28.1. The van der Waals surface area contributed by atoms with Crippen molar-refractivity contribution in [1.82, 2.24) is 15.5 Å². The lowest BCUT2D eigenvalue weighted by molar-refractivity contribution is -0.151. The SMILES string of the molecule is C=C(NC(C)(C)CCN(CCC(C)(C)NC(=O)OC(C)(C)C)C(=C)CCC(=O)OC1CCC2(C)C(=CCC3C2CCC2(C)C(CCCCC(C)C)CCC32)C1)OC(C)(C)C. The van der Waals surface area contributed by atoms with Crippen molar-refractivity contribution in [3.05, 3.63) is 36.4 Å². The highest BCUT2D eigenvalue weighted by Crippen LogP contribution is 2.67. The van der Waals surface area contributed by atoms with Crippen LogP contribution in [0.2, 0.25) is 0 Å². The van der Waals surface area contributed by atoms with Gasteiger partial charge in [-0.15, -0.1) is 0 Å². The largest absolute Gasteiger partial charge is 0.474 e. The van der Waals surface area contributed by atoms with E-state index in [9.17, 15) is 9.59 Å². The number of hydrogen-bond acceptors (Lipinski definition) is 7. The Labute approximate surface area is 368 Å². The van der Waals surface area contributed by atoms with Gasteiger partial charge in [0.05, 0.1) is 6.42 Å². The average Bonchev–Trinajstić information content (AvgIpc) is 3.42. The molecular weight excluding hydrogens is 747 g/mol. The molecule has 7 unspecified atom stereocenters. The summed E-state index contributed by atoms with van der Waals surface area (Å²) in [4.78, 5) is 28.5. The molecule has 8 nitrogen and oxygen atoms in total. The molecule has 0 aromatic heterocycles. The van der Waals surface area contributed by atoms with Gasteiger partial charge in [0.2, 0.25) is 0 Å². The predicted octanol–water partition coefficient (Wildman–Crippen LogP) is 13.0. The summed E-state index contributed by atoms with van der Waals surface area (Å²) < 4.78 is 17.8.